The van der Waals surface area contributed by atoms with E-state index in [-0.39, 0.29) is 5.91 Å². The first-order chi connectivity index (χ1) is 9.11. The van der Waals surface area contributed by atoms with Crippen LogP contribution in [0.15, 0.2) is 30.3 Å². The number of hydrogen-bond acceptors (Lipinski definition) is 2. The van der Waals surface area contributed by atoms with Gasteiger partial charge in [-0.2, -0.15) is 0 Å². The van der Waals surface area contributed by atoms with E-state index in [9.17, 15) is 14.7 Å². The van der Waals surface area contributed by atoms with Gasteiger partial charge in [0.25, 0.3) is 0 Å². The molecule has 1 aliphatic carbocycles. The molecule has 2 rings (SSSR count). The molecule has 0 spiro atoms. The predicted molar refractivity (Wildman–Crippen MR) is 72.9 cm³/mol. The van der Waals surface area contributed by atoms with E-state index in [1.165, 1.54) is 0 Å². The van der Waals surface area contributed by atoms with Crippen LogP contribution < -0.4 is 4.90 Å². The fourth-order valence-corrected chi connectivity index (χ4v) is 2.75. The second-order valence-corrected chi connectivity index (χ2v) is 5.07. The summed E-state index contributed by atoms with van der Waals surface area (Å²) in [5.74, 6) is -1.86. The highest BCUT2D eigenvalue weighted by atomic mass is 16.4. The van der Waals surface area contributed by atoms with Crippen LogP contribution >= 0.6 is 0 Å². The van der Waals surface area contributed by atoms with Crippen molar-refractivity contribution in [3.05, 3.63) is 30.3 Å². The van der Waals surface area contributed by atoms with E-state index < -0.39 is 17.8 Å². The number of amides is 1. The number of hydrogen-bond donors (Lipinski definition) is 1. The molecule has 0 heterocycles. The standard InChI is InChI=1S/C15H19NO3/c1-16(11-7-3-2-4-8-11)14(17)12-9-5-6-10-13(12)15(18)19/h2-4,7-8,12-13H,5-6,9-10H2,1H3,(H,18,19)/t12-,13+/m0/s1. The van der Waals surface area contributed by atoms with Crippen LogP contribution in [0.3, 0.4) is 0 Å². The normalized spacial score (nSPS) is 22.8. The lowest BCUT2D eigenvalue weighted by Gasteiger charge is -2.31. The quantitative estimate of drug-likeness (QED) is 0.909. The minimum atomic E-state index is -0.848. The van der Waals surface area contributed by atoms with Gasteiger partial charge < -0.3 is 10.0 Å². The Labute approximate surface area is 113 Å². The van der Waals surface area contributed by atoms with Crippen LogP contribution in [0.1, 0.15) is 25.7 Å². The summed E-state index contributed by atoms with van der Waals surface area (Å²) in [6.07, 6.45) is 3.11. The number of rotatable bonds is 3. The van der Waals surface area contributed by atoms with Crippen molar-refractivity contribution in [2.45, 2.75) is 25.7 Å². The van der Waals surface area contributed by atoms with E-state index in [0.29, 0.717) is 12.8 Å². The van der Waals surface area contributed by atoms with Crippen LogP contribution in [0.25, 0.3) is 0 Å². The molecule has 0 unspecified atom stereocenters. The van der Waals surface area contributed by atoms with Gasteiger partial charge in [0.2, 0.25) is 5.91 Å². The fourth-order valence-electron chi connectivity index (χ4n) is 2.75. The van der Waals surface area contributed by atoms with Crippen molar-refractivity contribution in [1.29, 1.82) is 0 Å². The van der Waals surface area contributed by atoms with Gasteiger partial charge in [0.05, 0.1) is 11.8 Å². The molecular formula is C15H19NO3. The topological polar surface area (TPSA) is 57.6 Å². The number of carbonyl (C=O) groups is 2. The summed E-state index contributed by atoms with van der Waals surface area (Å²) in [6, 6.07) is 9.35. The lowest BCUT2D eigenvalue weighted by Crippen LogP contribution is -2.40. The van der Waals surface area contributed by atoms with Crippen LogP contribution in [0.2, 0.25) is 0 Å². The summed E-state index contributed by atoms with van der Waals surface area (Å²) in [6.45, 7) is 0. The third-order valence-electron chi connectivity index (χ3n) is 3.87. The molecule has 2 atom stereocenters. The highest BCUT2D eigenvalue weighted by Gasteiger charge is 2.37. The fraction of sp³-hybridized carbons (Fsp3) is 0.467. The number of carbonyl (C=O) groups excluding carboxylic acids is 1. The number of carboxylic acids is 1. The highest BCUT2D eigenvalue weighted by Crippen LogP contribution is 2.32. The van der Waals surface area contributed by atoms with Crippen molar-refractivity contribution in [3.8, 4) is 0 Å². The number of aliphatic carboxylic acids is 1. The van der Waals surface area contributed by atoms with Gasteiger partial charge >= 0.3 is 5.97 Å². The van der Waals surface area contributed by atoms with E-state index in [2.05, 4.69) is 0 Å². The van der Waals surface area contributed by atoms with Gasteiger partial charge in [0, 0.05) is 12.7 Å². The zero-order valence-corrected chi connectivity index (χ0v) is 11.1. The highest BCUT2D eigenvalue weighted by molar-refractivity contribution is 5.96. The summed E-state index contributed by atoms with van der Waals surface area (Å²) in [5.41, 5.74) is 0.808. The van der Waals surface area contributed by atoms with E-state index in [1.54, 1.807) is 11.9 Å². The maximum Gasteiger partial charge on any atom is 0.307 e. The van der Waals surface area contributed by atoms with E-state index >= 15 is 0 Å². The SMILES string of the molecule is CN(C(=O)[C@H]1CCCC[C@H]1C(=O)O)c1ccccc1. The first-order valence-electron chi connectivity index (χ1n) is 6.66. The van der Waals surface area contributed by atoms with E-state index in [0.717, 1.165) is 18.5 Å². The van der Waals surface area contributed by atoms with Gasteiger partial charge in [-0.15, -0.1) is 0 Å². The van der Waals surface area contributed by atoms with Crippen LogP contribution in [0, 0.1) is 11.8 Å². The maximum atomic E-state index is 12.5. The van der Waals surface area contributed by atoms with Crippen molar-refractivity contribution < 1.29 is 14.7 Å². The first kappa shape index (κ1) is 13.6. The molecule has 0 aliphatic heterocycles. The largest absolute Gasteiger partial charge is 0.481 e. The zero-order chi connectivity index (χ0) is 13.8. The Morgan fingerprint density at radius 3 is 2.26 bits per heavy atom. The van der Waals surface area contributed by atoms with Crippen molar-refractivity contribution in [3.63, 3.8) is 0 Å². The second kappa shape index (κ2) is 5.87. The number of benzene rings is 1. The Morgan fingerprint density at radius 1 is 1.11 bits per heavy atom. The van der Waals surface area contributed by atoms with Crippen LogP contribution in [0.5, 0.6) is 0 Å². The lowest BCUT2D eigenvalue weighted by molar-refractivity contribution is -0.148. The number of para-hydroxylation sites is 1. The molecule has 1 aromatic rings. The molecule has 0 aromatic heterocycles. The Balaban J connectivity index is 2.15. The summed E-state index contributed by atoms with van der Waals surface area (Å²) < 4.78 is 0. The molecule has 4 nitrogen and oxygen atoms in total. The molecule has 0 saturated heterocycles. The van der Waals surface area contributed by atoms with Crippen LogP contribution in [-0.4, -0.2) is 24.0 Å². The molecule has 19 heavy (non-hydrogen) atoms. The Bertz CT molecular complexity index is 458. The summed E-state index contributed by atoms with van der Waals surface area (Å²) >= 11 is 0. The monoisotopic (exact) mass is 261 g/mol. The van der Waals surface area contributed by atoms with E-state index in [1.807, 2.05) is 30.3 Å². The number of anilines is 1. The van der Waals surface area contributed by atoms with Crippen molar-refractivity contribution >= 4 is 17.6 Å². The number of carboxylic acid groups (broad SMARTS) is 1. The minimum absolute atomic E-state index is 0.0849. The Morgan fingerprint density at radius 2 is 1.68 bits per heavy atom. The van der Waals surface area contributed by atoms with Crippen LogP contribution in [-0.2, 0) is 9.59 Å². The Kier molecular flexibility index (Phi) is 4.20. The molecule has 4 heteroatoms. The molecular weight excluding hydrogens is 242 g/mol. The van der Waals surface area contributed by atoms with Crippen molar-refractivity contribution in [1.82, 2.24) is 0 Å². The molecule has 102 valence electrons. The summed E-state index contributed by atoms with van der Waals surface area (Å²) in [4.78, 5) is 25.3. The van der Waals surface area contributed by atoms with Crippen molar-refractivity contribution in [2.75, 3.05) is 11.9 Å². The van der Waals surface area contributed by atoms with E-state index in [4.69, 9.17) is 0 Å². The van der Waals surface area contributed by atoms with Gasteiger partial charge in [-0.3, -0.25) is 9.59 Å². The van der Waals surface area contributed by atoms with Gasteiger partial charge in [0.15, 0.2) is 0 Å². The summed E-state index contributed by atoms with van der Waals surface area (Å²) in [5, 5.41) is 9.24. The Hall–Kier alpha value is -1.84. The van der Waals surface area contributed by atoms with Crippen LogP contribution in [0.4, 0.5) is 5.69 Å². The molecule has 1 amide bonds. The maximum absolute atomic E-state index is 12.5. The molecule has 1 aromatic carbocycles. The molecule has 1 saturated carbocycles. The predicted octanol–water partition coefficient (Wildman–Crippen LogP) is 2.54. The number of nitrogens with zero attached hydrogens (tertiary/aromatic N) is 1. The average molecular weight is 261 g/mol. The minimum Gasteiger partial charge on any atom is -0.481 e. The second-order valence-electron chi connectivity index (χ2n) is 5.07. The third kappa shape index (κ3) is 2.95. The third-order valence-corrected chi connectivity index (χ3v) is 3.87. The first-order valence-corrected chi connectivity index (χ1v) is 6.66. The molecule has 1 N–H and O–H groups in total. The van der Waals surface area contributed by atoms with Gasteiger partial charge in [-0.1, -0.05) is 31.0 Å². The van der Waals surface area contributed by atoms with Gasteiger partial charge in [-0.25, -0.2) is 0 Å². The average Bonchev–Trinajstić information content (AvgIpc) is 2.46. The molecule has 1 aliphatic rings. The zero-order valence-electron chi connectivity index (χ0n) is 11.1. The van der Waals surface area contributed by atoms with Gasteiger partial charge in [-0.05, 0) is 25.0 Å². The lowest BCUT2D eigenvalue weighted by atomic mass is 9.78. The van der Waals surface area contributed by atoms with Crippen molar-refractivity contribution in [2.24, 2.45) is 11.8 Å². The molecule has 0 radical (unpaired) electrons. The summed E-state index contributed by atoms with van der Waals surface area (Å²) in [7, 11) is 1.71. The molecule has 1 fully saturated rings. The smallest absolute Gasteiger partial charge is 0.307 e. The van der Waals surface area contributed by atoms with Gasteiger partial charge in [0.1, 0.15) is 0 Å². The molecule has 0 bridgehead atoms.